The third-order valence-corrected chi connectivity index (χ3v) is 8.39. The van der Waals surface area contributed by atoms with Gasteiger partial charge in [0, 0.05) is 37.2 Å². The third kappa shape index (κ3) is 5.97. The summed E-state index contributed by atoms with van der Waals surface area (Å²) in [7, 11) is 1.65. The molecule has 0 saturated carbocycles. The van der Waals surface area contributed by atoms with E-state index in [-0.39, 0.29) is 24.4 Å². The second-order valence-corrected chi connectivity index (χ2v) is 10.9. The van der Waals surface area contributed by atoms with Crippen molar-refractivity contribution in [1.82, 2.24) is 9.80 Å². The second kappa shape index (κ2) is 12.4. The molecule has 1 atom stereocenters. The number of nitrogens with zero attached hydrogens (tertiary/aromatic N) is 2. The van der Waals surface area contributed by atoms with Crippen molar-refractivity contribution in [3.63, 3.8) is 0 Å². The fourth-order valence-electron chi connectivity index (χ4n) is 5.34. The zero-order valence-electron chi connectivity index (χ0n) is 22.5. The van der Waals surface area contributed by atoms with Crippen molar-refractivity contribution >= 4 is 23.2 Å². The number of carbonyl (C=O) groups is 2. The number of amides is 2. The molecule has 1 aliphatic heterocycles. The predicted octanol–water partition coefficient (Wildman–Crippen LogP) is 6.38. The van der Waals surface area contributed by atoms with Crippen LogP contribution >= 0.6 is 11.3 Å². The Morgan fingerprint density at radius 2 is 1.64 bits per heavy atom. The van der Waals surface area contributed by atoms with Crippen LogP contribution in [-0.2, 0) is 16.0 Å². The number of hydrogen-bond acceptors (Lipinski definition) is 4. The van der Waals surface area contributed by atoms with Gasteiger partial charge in [-0.15, -0.1) is 11.3 Å². The number of aryl methyl sites for hydroxylation is 1. The molecule has 0 saturated heterocycles. The molecule has 3 aromatic carbocycles. The van der Waals surface area contributed by atoms with Gasteiger partial charge in [0.1, 0.15) is 6.54 Å². The van der Waals surface area contributed by atoms with E-state index in [1.54, 1.807) is 23.3 Å². The molecule has 0 fully saturated rings. The van der Waals surface area contributed by atoms with Crippen molar-refractivity contribution in [2.24, 2.45) is 0 Å². The highest BCUT2D eigenvalue weighted by Crippen LogP contribution is 2.39. The van der Waals surface area contributed by atoms with Gasteiger partial charge in [0.05, 0.1) is 6.04 Å². The van der Waals surface area contributed by atoms with Crippen LogP contribution < -0.4 is 0 Å². The van der Waals surface area contributed by atoms with Crippen molar-refractivity contribution in [3.8, 4) is 11.1 Å². The predicted molar refractivity (Wildman–Crippen MR) is 157 cm³/mol. The molecule has 1 aromatic heterocycles. The number of fused-ring (bicyclic) bond motifs is 1. The van der Waals surface area contributed by atoms with E-state index < -0.39 is 0 Å². The van der Waals surface area contributed by atoms with E-state index in [4.69, 9.17) is 4.74 Å². The van der Waals surface area contributed by atoms with E-state index in [1.807, 2.05) is 59.5 Å². The second-order valence-electron chi connectivity index (χ2n) is 9.91. The lowest BCUT2D eigenvalue weighted by atomic mass is 9.90. The molecule has 39 heavy (non-hydrogen) atoms. The maximum atomic E-state index is 13.9. The molecular formula is C33H34N2O3S. The Hall–Kier alpha value is -3.74. The highest BCUT2D eigenvalue weighted by molar-refractivity contribution is 7.10. The Bertz CT molecular complexity index is 1410. The Balaban J connectivity index is 1.39. The van der Waals surface area contributed by atoms with Gasteiger partial charge in [0.25, 0.3) is 5.91 Å². The van der Waals surface area contributed by atoms with E-state index in [0.29, 0.717) is 31.7 Å². The first kappa shape index (κ1) is 26.9. The number of hydrogen-bond donors (Lipinski definition) is 0. The molecule has 2 heterocycles. The summed E-state index contributed by atoms with van der Waals surface area (Å²) in [5, 5.41) is 2.11. The average Bonchev–Trinajstić information content (AvgIpc) is 3.46. The molecule has 5 rings (SSSR count). The molecule has 0 N–H and O–H groups in total. The molecule has 1 unspecified atom stereocenters. The Morgan fingerprint density at radius 3 is 2.38 bits per heavy atom. The monoisotopic (exact) mass is 538 g/mol. The zero-order chi connectivity index (χ0) is 27.2. The van der Waals surface area contributed by atoms with Crippen LogP contribution in [0.2, 0.25) is 0 Å². The summed E-state index contributed by atoms with van der Waals surface area (Å²) in [6.07, 6.45) is 1.49. The SMILES string of the molecule is COCCCN(CC(=O)N1CCc2sccc2C1c1ccccc1C)C(=O)c1ccc(-c2ccccc2)cc1. The van der Waals surface area contributed by atoms with Crippen LogP contribution in [0.5, 0.6) is 0 Å². The van der Waals surface area contributed by atoms with E-state index in [2.05, 4.69) is 42.6 Å². The maximum Gasteiger partial charge on any atom is 0.254 e. The molecule has 2 amide bonds. The molecule has 0 aliphatic carbocycles. The Kier molecular flexibility index (Phi) is 8.54. The van der Waals surface area contributed by atoms with Crippen molar-refractivity contribution in [2.75, 3.05) is 33.4 Å². The van der Waals surface area contributed by atoms with Gasteiger partial charge in [-0.1, -0.05) is 66.7 Å². The highest BCUT2D eigenvalue weighted by atomic mass is 32.1. The smallest absolute Gasteiger partial charge is 0.254 e. The number of carbonyl (C=O) groups excluding carboxylic acids is 2. The zero-order valence-corrected chi connectivity index (χ0v) is 23.3. The number of methoxy groups -OCH3 is 1. The first-order valence-electron chi connectivity index (χ1n) is 13.4. The van der Waals surface area contributed by atoms with E-state index in [1.165, 1.54) is 10.4 Å². The number of benzene rings is 3. The van der Waals surface area contributed by atoms with Crippen molar-refractivity contribution in [1.29, 1.82) is 0 Å². The molecule has 4 aromatic rings. The van der Waals surface area contributed by atoms with Crippen LogP contribution in [0.15, 0.2) is 90.3 Å². The summed E-state index contributed by atoms with van der Waals surface area (Å²) < 4.78 is 5.25. The molecule has 0 bridgehead atoms. The van der Waals surface area contributed by atoms with Crippen molar-refractivity contribution in [3.05, 3.63) is 117 Å². The summed E-state index contributed by atoms with van der Waals surface area (Å²) >= 11 is 1.76. The standard InChI is InChI=1S/C33H34N2O3S/c1-24-9-6-7-12-28(24)32-29-18-22-39-30(29)17-20-35(32)31(36)23-34(19-8-21-38-2)33(37)27-15-13-26(14-16-27)25-10-4-3-5-11-25/h3-7,9-16,18,22,32H,8,17,19-21,23H2,1-2H3. The van der Waals surface area contributed by atoms with Gasteiger partial charge in [-0.2, -0.15) is 0 Å². The quantitative estimate of drug-likeness (QED) is 0.233. The molecule has 6 heteroatoms. The molecule has 5 nitrogen and oxygen atoms in total. The minimum atomic E-state index is -0.144. The largest absolute Gasteiger partial charge is 0.385 e. The molecule has 0 radical (unpaired) electrons. The normalized spacial score (nSPS) is 14.6. The third-order valence-electron chi connectivity index (χ3n) is 7.40. The average molecular weight is 539 g/mol. The molecular weight excluding hydrogens is 504 g/mol. The van der Waals surface area contributed by atoms with Crippen LogP contribution in [0.1, 0.15) is 44.4 Å². The minimum Gasteiger partial charge on any atom is -0.385 e. The lowest BCUT2D eigenvalue weighted by Crippen LogP contribution is -2.47. The topological polar surface area (TPSA) is 49.9 Å². The maximum absolute atomic E-state index is 13.9. The number of ether oxygens (including phenoxy) is 1. The summed E-state index contributed by atoms with van der Waals surface area (Å²) in [5.74, 6) is -0.175. The van der Waals surface area contributed by atoms with Crippen LogP contribution in [-0.4, -0.2) is 55.0 Å². The summed E-state index contributed by atoms with van der Waals surface area (Å²) in [5.41, 5.74) is 6.22. The van der Waals surface area contributed by atoms with Gasteiger partial charge in [-0.25, -0.2) is 0 Å². The molecule has 1 aliphatic rings. The summed E-state index contributed by atoms with van der Waals surface area (Å²) in [6.45, 7) is 3.74. The van der Waals surface area contributed by atoms with E-state index >= 15 is 0 Å². The van der Waals surface area contributed by atoms with Gasteiger partial charge in [0.15, 0.2) is 0 Å². The van der Waals surface area contributed by atoms with Gasteiger partial charge < -0.3 is 14.5 Å². The first-order valence-corrected chi connectivity index (χ1v) is 14.3. The van der Waals surface area contributed by atoms with E-state index in [0.717, 1.165) is 28.7 Å². The molecule has 0 spiro atoms. The van der Waals surface area contributed by atoms with E-state index in [9.17, 15) is 9.59 Å². The van der Waals surface area contributed by atoms with Gasteiger partial charge in [-0.05, 0) is 71.2 Å². The van der Waals surface area contributed by atoms with Gasteiger partial charge >= 0.3 is 0 Å². The number of thiophene rings is 1. The van der Waals surface area contributed by atoms with Crippen molar-refractivity contribution < 1.29 is 14.3 Å². The highest BCUT2D eigenvalue weighted by Gasteiger charge is 2.34. The Labute approximate surface area is 234 Å². The van der Waals surface area contributed by atoms with Crippen LogP contribution in [0.25, 0.3) is 11.1 Å². The fourth-order valence-corrected chi connectivity index (χ4v) is 6.24. The van der Waals surface area contributed by atoms with Crippen LogP contribution in [0, 0.1) is 6.92 Å². The fraction of sp³-hybridized carbons (Fsp3) is 0.273. The van der Waals surface area contributed by atoms with Crippen LogP contribution in [0.4, 0.5) is 0 Å². The first-order chi connectivity index (χ1) is 19.1. The lowest BCUT2D eigenvalue weighted by molar-refractivity contribution is -0.134. The summed E-state index contributed by atoms with van der Waals surface area (Å²) in [6, 6.07) is 28.0. The lowest BCUT2D eigenvalue weighted by Gasteiger charge is -2.38. The minimum absolute atomic E-state index is 0.0326. The number of rotatable bonds is 9. The summed E-state index contributed by atoms with van der Waals surface area (Å²) in [4.78, 5) is 32.6. The van der Waals surface area contributed by atoms with Gasteiger partial charge in [-0.3, -0.25) is 9.59 Å². The molecule has 200 valence electrons. The van der Waals surface area contributed by atoms with Gasteiger partial charge in [0.2, 0.25) is 5.91 Å². The van der Waals surface area contributed by atoms with Crippen LogP contribution in [0.3, 0.4) is 0 Å². The Morgan fingerprint density at radius 1 is 0.923 bits per heavy atom. The van der Waals surface area contributed by atoms with Crippen molar-refractivity contribution in [2.45, 2.75) is 25.8 Å².